The molecule has 0 aromatic heterocycles. The highest BCUT2D eigenvalue weighted by Gasteiger charge is 2.29. The van der Waals surface area contributed by atoms with E-state index in [-0.39, 0.29) is 30.9 Å². The minimum absolute atomic E-state index is 0.0413. The van der Waals surface area contributed by atoms with Gasteiger partial charge in [0.05, 0.1) is 12.5 Å². The molecule has 2 fully saturated rings. The van der Waals surface area contributed by atoms with Gasteiger partial charge in [-0.15, -0.1) is 6.42 Å². The van der Waals surface area contributed by atoms with Crippen LogP contribution < -0.4 is 10.6 Å². The van der Waals surface area contributed by atoms with Crippen LogP contribution in [0.25, 0.3) is 0 Å². The molecule has 7 nitrogen and oxygen atoms in total. The Balaban J connectivity index is 1.37. The lowest BCUT2D eigenvalue weighted by Crippen LogP contribution is -2.46. The van der Waals surface area contributed by atoms with E-state index in [0.717, 1.165) is 50.8 Å². The number of carbonyl (C=O) groups is 3. The average Bonchev–Trinajstić information content (AvgIpc) is 2.88. The molecule has 2 saturated heterocycles. The first-order chi connectivity index (χ1) is 16.6. The fraction of sp³-hybridized carbons (Fsp3) is 0.593. The maximum Gasteiger partial charge on any atom is 0.322 e. The number of ether oxygens (including phenoxy) is 1. The molecule has 0 radical (unpaired) electrons. The highest BCUT2D eigenvalue weighted by atomic mass is 16.5. The quantitative estimate of drug-likeness (QED) is 0.407. The van der Waals surface area contributed by atoms with E-state index in [1.54, 1.807) is 0 Å². The second kappa shape index (κ2) is 13.8. The summed E-state index contributed by atoms with van der Waals surface area (Å²) in [6, 6.07) is 9.75. The fourth-order valence-corrected chi connectivity index (χ4v) is 4.65. The Labute approximate surface area is 203 Å². The van der Waals surface area contributed by atoms with E-state index in [4.69, 9.17) is 11.2 Å². The van der Waals surface area contributed by atoms with Crippen molar-refractivity contribution < 1.29 is 19.1 Å². The van der Waals surface area contributed by atoms with Crippen molar-refractivity contribution in [1.82, 2.24) is 15.5 Å². The van der Waals surface area contributed by atoms with Crippen molar-refractivity contribution in [3.8, 4) is 12.3 Å². The summed E-state index contributed by atoms with van der Waals surface area (Å²) in [5.41, 5.74) is 1.08. The van der Waals surface area contributed by atoms with Crippen molar-refractivity contribution in [2.24, 2.45) is 17.8 Å². The Morgan fingerprint density at radius 3 is 2.68 bits per heavy atom. The van der Waals surface area contributed by atoms with Gasteiger partial charge in [-0.25, -0.2) is 0 Å². The summed E-state index contributed by atoms with van der Waals surface area (Å²) in [7, 11) is 0. The van der Waals surface area contributed by atoms with Crippen LogP contribution >= 0.6 is 0 Å². The molecular weight excluding hydrogens is 430 g/mol. The zero-order valence-electron chi connectivity index (χ0n) is 20.0. The Hall–Kier alpha value is -2.85. The number of piperidine rings is 2. The van der Waals surface area contributed by atoms with Crippen LogP contribution in [0.4, 0.5) is 0 Å². The highest BCUT2D eigenvalue weighted by Crippen LogP contribution is 2.21. The monoisotopic (exact) mass is 467 g/mol. The third kappa shape index (κ3) is 8.18. The van der Waals surface area contributed by atoms with Gasteiger partial charge in [0, 0.05) is 32.5 Å². The Bertz CT molecular complexity index is 845. The van der Waals surface area contributed by atoms with Gasteiger partial charge < -0.3 is 20.3 Å². The number of hydrogen-bond acceptors (Lipinski definition) is 5. The largest absolute Gasteiger partial charge is 0.464 e. The van der Waals surface area contributed by atoms with Gasteiger partial charge in [0.25, 0.3) is 0 Å². The number of likely N-dealkylation sites (tertiary alicyclic amines) is 1. The molecule has 2 atom stereocenters. The number of nitrogens with zero attached hydrogens (tertiary/aromatic N) is 1. The summed E-state index contributed by atoms with van der Waals surface area (Å²) >= 11 is 0. The van der Waals surface area contributed by atoms with Crippen molar-refractivity contribution in [2.45, 2.75) is 44.9 Å². The van der Waals surface area contributed by atoms with Crippen LogP contribution in [0.3, 0.4) is 0 Å². The Kier molecular flexibility index (Phi) is 10.4. The van der Waals surface area contributed by atoms with Crippen molar-refractivity contribution in [3.05, 3.63) is 35.9 Å². The summed E-state index contributed by atoms with van der Waals surface area (Å²) < 4.78 is 5.31. The lowest BCUT2D eigenvalue weighted by Gasteiger charge is -2.33. The van der Waals surface area contributed by atoms with E-state index in [9.17, 15) is 14.4 Å². The molecule has 2 heterocycles. The van der Waals surface area contributed by atoms with Gasteiger partial charge in [0.15, 0.2) is 0 Å². The second-order valence-electron chi connectivity index (χ2n) is 9.28. The van der Waals surface area contributed by atoms with Gasteiger partial charge in [-0.2, -0.15) is 0 Å². The minimum atomic E-state index is -0.828. The number of nitrogens with one attached hydrogen (secondary N) is 2. The molecule has 34 heavy (non-hydrogen) atoms. The fourth-order valence-electron chi connectivity index (χ4n) is 4.65. The van der Waals surface area contributed by atoms with Crippen LogP contribution in [0.5, 0.6) is 0 Å². The molecule has 0 unspecified atom stereocenters. The predicted octanol–water partition coefficient (Wildman–Crippen LogP) is 2.16. The van der Waals surface area contributed by atoms with E-state index < -0.39 is 11.9 Å². The van der Waals surface area contributed by atoms with Crippen LogP contribution in [0.15, 0.2) is 30.3 Å². The normalized spacial score (nSPS) is 19.6. The molecule has 2 N–H and O–H groups in total. The smallest absolute Gasteiger partial charge is 0.322 e. The van der Waals surface area contributed by atoms with Crippen molar-refractivity contribution in [2.75, 3.05) is 39.3 Å². The number of terminal acetylenes is 1. The van der Waals surface area contributed by atoms with Crippen LogP contribution in [0.1, 0.15) is 44.1 Å². The van der Waals surface area contributed by atoms with Gasteiger partial charge in [0.1, 0.15) is 5.92 Å². The van der Waals surface area contributed by atoms with Crippen LogP contribution in [-0.2, 0) is 25.5 Å². The van der Waals surface area contributed by atoms with Gasteiger partial charge >= 0.3 is 5.97 Å². The number of carbonyl (C=O) groups excluding carboxylic acids is 3. The number of rotatable bonds is 10. The van der Waals surface area contributed by atoms with Crippen LogP contribution in [0, 0.1) is 30.1 Å². The molecule has 3 rings (SSSR count). The Morgan fingerprint density at radius 2 is 1.94 bits per heavy atom. The minimum Gasteiger partial charge on any atom is -0.464 e. The lowest BCUT2D eigenvalue weighted by atomic mass is 9.92. The van der Waals surface area contributed by atoms with E-state index >= 15 is 0 Å². The van der Waals surface area contributed by atoms with Crippen LogP contribution in [0.2, 0.25) is 0 Å². The first-order valence-electron chi connectivity index (χ1n) is 12.5. The lowest BCUT2D eigenvalue weighted by molar-refractivity contribution is -0.146. The third-order valence-corrected chi connectivity index (χ3v) is 6.81. The maximum atomic E-state index is 12.7. The van der Waals surface area contributed by atoms with Gasteiger partial charge in [-0.1, -0.05) is 36.3 Å². The second-order valence-corrected chi connectivity index (χ2v) is 9.28. The summed E-state index contributed by atoms with van der Waals surface area (Å²) in [5.74, 6) is 1.41. The molecule has 2 amide bonds. The molecule has 184 valence electrons. The molecule has 1 aromatic carbocycles. The topological polar surface area (TPSA) is 87.7 Å². The molecule has 0 spiro atoms. The van der Waals surface area contributed by atoms with Gasteiger partial charge in [-0.3, -0.25) is 14.4 Å². The Morgan fingerprint density at radius 1 is 1.18 bits per heavy atom. The molecule has 0 aliphatic carbocycles. The van der Waals surface area contributed by atoms with Gasteiger partial charge in [-0.05, 0) is 56.7 Å². The van der Waals surface area contributed by atoms with Crippen molar-refractivity contribution in [1.29, 1.82) is 0 Å². The average molecular weight is 468 g/mol. The van der Waals surface area contributed by atoms with E-state index in [0.29, 0.717) is 31.8 Å². The number of esters is 1. The first-order valence-corrected chi connectivity index (χ1v) is 12.5. The SMILES string of the molecule is C#C[C@@H](CNC(=O)[C@@H]1CCCN(C(=O)CCC2CCNCC2)C1)C(=O)OCCc1ccccc1. The summed E-state index contributed by atoms with van der Waals surface area (Å²) in [5, 5.41) is 6.16. The van der Waals surface area contributed by atoms with Crippen LogP contribution in [-0.4, -0.2) is 62.0 Å². The molecule has 2 aliphatic heterocycles. The predicted molar refractivity (Wildman–Crippen MR) is 131 cm³/mol. The summed E-state index contributed by atoms with van der Waals surface area (Å²) in [6.07, 6.45) is 11.4. The molecule has 7 heteroatoms. The van der Waals surface area contributed by atoms with Gasteiger partial charge in [0.2, 0.25) is 11.8 Å². The third-order valence-electron chi connectivity index (χ3n) is 6.81. The zero-order chi connectivity index (χ0) is 24.2. The molecule has 0 bridgehead atoms. The highest BCUT2D eigenvalue weighted by molar-refractivity contribution is 5.82. The standard InChI is InChI=1S/C27H37N3O4/c1-2-23(27(33)34-18-14-21-7-4-3-5-8-21)19-29-26(32)24-9-6-17-30(20-24)25(31)11-10-22-12-15-28-16-13-22/h1,3-5,7-8,22-24,28H,6,9-20H2,(H,29,32)/t23-,24+/m0/s1. The molecular formula is C27H37N3O4. The van der Waals surface area contributed by atoms with Crippen molar-refractivity contribution in [3.63, 3.8) is 0 Å². The molecule has 2 aliphatic rings. The van der Waals surface area contributed by atoms with E-state index in [2.05, 4.69) is 16.6 Å². The van der Waals surface area contributed by atoms with E-state index in [1.807, 2.05) is 35.2 Å². The number of amides is 2. The van der Waals surface area contributed by atoms with Crippen molar-refractivity contribution >= 4 is 17.8 Å². The van der Waals surface area contributed by atoms with E-state index in [1.165, 1.54) is 0 Å². The maximum absolute atomic E-state index is 12.7. The molecule has 1 aromatic rings. The summed E-state index contributed by atoms with van der Waals surface area (Å²) in [4.78, 5) is 39.6. The number of hydrogen-bond donors (Lipinski definition) is 2. The zero-order valence-corrected chi connectivity index (χ0v) is 20.0. The molecule has 0 saturated carbocycles. The number of benzene rings is 1. The first kappa shape index (κ1) is 25.8. The summed E-state index contributed by atoms with van der Waals surface area (Å²) in [6.45, 7) is 3.48.